The van der Waals surface area contributed by atoms with Crippen LogP contribution in [0.25, 0.3) is 0 Å². The maximum absolute atomic E-state index is 11.7. The summed E-state index contributed by atoms with van der Waals surface area (Å²) in [6, 6.07) is 3.91. The molecule has 0 amide bonds. The predicted octanol–water partition coefficient (Wildman–Crippen LogP) is 0.641. The second kappa shape index (κ2) is 5.16. The molecule has 0 aliphatic carbocycles. The van der Waals surface area contributed by atoms with Gasteiger partial charge in [0, 0.05) is 11.1 Å². The molecule has 5 heteroatoms. The van der Waals surface area contributed by atoms with Crippen LogP contribution < -0.4 is 5.32 Å². The molecule has 17 heavy (non-hydrogen) atoms. The number of aromatic hydroxyl groups is 2. The molecule has 5 nitrogen and oxygen atoms in total. The number of aliphatic hydroxyl groups excluding tert-OH is 1. The predicted molar refractivity (Wildman–Crippen MR) is 63.3 cm³/mol. The highest BCUT2D eigenvalue weighted by atomic mass is 16.3. The summed E-state index contributed by atoms with van der Waals surface area (Å²) in [6.45, 7) is 3.52. The third kappa shape index (κ3) is 3.72. The van der Waals surface area contributed by atoms with Gasteiger partial charge >= 0.3 is 0 Å². The zero-order chi connectivity index (χ0) is 13.1. The van der Waals surface area contributed by atoms with Crippen molar-refractivity contribution in [1.82, 2.24) is 5.32 Å². The lowest BCUT2D eigenvalue weighted by Crippen LogP contribution is -2.45. The van der Waals surface area contributed by atoms with E-state index in [1.165, 1.54) is 18.2 Å². The van der Waals surface area contributed by atoms with Crippen LogP contribution in [-0.2, 0) is 0 Å². The van der Waals surface area contributed by atoms with E-state index >= 15 is 0 Å². The van der Waals surface area contributed by atoms with Crippen molar-refractivity contribution in [3.05, 3.63) is 23.8 Å². The number of benzene rings is 1. The Balaban J connectivity index is 2.68. The second-order valence-corrected chi connectivity index (χ2v) is 4.52. The quantitative estimate of drug-likeness (QED) is 0.447. The lowest BCUT2D eigenvalue weighted by molar-refractivity contribution is 0.0967. The highest BCUT2D eigenvalue weighted by Crippen LogP contribution is 2.24. The summed E-state index contributed by atoms with van der Waals surface area (Å²) in [5.41, 5.74) is -0.226. The van der Waals surface area contributed by atoms with Gasteiger partial charge in [-0.1, -0.05) is 0 Å². The zero-order valence-corrected chi connectivity index (χ0v) is 9.90. The second-order valence-electron chi connectivity index (χ2n) is 4.52. The number of rotatable bonds is 5. The normalized spacial score (nSPS) is 11.5. The Morgan fingerprint density at radius 2 is 1.94 bits per heavy atom. The van der Waals surface area contributed by atoms with Gasteiger partial charge in [-0.05, 0) is 32.0 Å². The molecule has 0 atom stereocenters. The number of carbonyl (C=O) groups is 1. The Morgan fingerprint density at radius 1 is 1.29 bits per heavy atom. The molecule has 1 rings (SSSR count). The number of aliphatic hydroxyl groups is 1. The van der Waals surface area contributed by atoms with Crippen molar-refractivity contribution >= 4 is 5.78 Å². The third-order valence-corrected chi connectivity index (χ3v) is 2.42. The standard InChI is InChI=1S/C12H17NO4/c1-12(2,7-14)13-6-11(17)8-3-4-9(15)10(16)5-8/h3-5,13-16H,6-7H2,1-2H3. The molecule has 0 fully saturated rings. The first-order valence-electron chi connectivity index (χ1n) is 5.27. The van der Waals surface area contributed by atoms with E-state index in [9.17, 15) is 9.90 Å². The van der Waals surface area contributed by atoms with Crippen LogP contribution in [0.4, 0.5) is 0 Å². The number of phenolic OH excluding ortho intramolecular Hbond substituents is 2. The summed E-state index contributed by atoms with van der Waals surface area (Å²) in [5, 5.41) is 30.3. The van der Waals surface area contributed by atoms with Crippen LogP contribution in [-0.4, -0.2) is 39.8 Å². The van der Waals surface area contributed by atoms with Crippen molar-refractivity contribution in [1.29, 1.82) is 0 Å². The molecule has 0 radical (unpaired) electrons. The van der Waals surface area contributed by atoms with Gasteiger partial charge in [-0.15, -0.1) is 0 Å². The number of hydrogen-bond acceptors (Lipinski definition) is 5. The lowest BCUT2D eigenvalue weighted by Gasteiger charge is -2.22. The van der Waals surface area contributed by atoms with Gasteiger partial charge < -0.3 is 20.6 Å². The topological polar surface area (TPSA) is 89.8 Å². The number of phenols is 2. The highest BCUT2D eigenvalue weighted by molar-refractivity contribution is 5.98. The lowest BCUT2D eigenvalue weighted by atomic mass is 10.1. The van der Waals surface area contributed by atoms with E-state index in [0.717, 1.165) is 0 Å². The Labute approximate surface area is 99.7 Å². The monoisotopic (exact) mass is 239 g/mol. The van der Waals surface area contributed by atoms with Crippen LogP contribution in [0.3, 0.4) is 0 Å². The van der Waals surface area contributed by atoms with E-state index in [2.05, 4.69) is 5.32 Å². The van der Waals surface area contributed by atoms with Crippen LogP contribution in [0.15, 0.2) is 18.2 Å². The van der Waals surface area contributed by atoms with Crippen molar-refractivity contribution in [2.45, 2.75) is 19.4 Å². The van der Waals surface area contributed by atoms with E-state index in [4.69, 9.17) is 10.2 Å². The summed E-state index contributed by atoms with van der Waals surface area (Å²) in [7, 11) is 0. The van der Waals surface area contributed by atoms with Crippen molar-refractivity contribution < 1.29 is 20.1 Å². The molecule has 0 unspecified atom stereocenters. The summed E-state index contributed by atoms with van der Waals surface area (Å²) >= 11 is 0. The van der Waals surface area contributed by atoms with Crippen LogP contribution in [0.1, 0.15) is 24.2 Å². The van der Waals surface area contributed by atoms with Crippen molar-refractivity contribution in [2.24, 2.45) is 0 Å². The van der Waals surface area contributed by atoms with Gasteiger partial charge in [-0.2, -0.15) is 0 Å². The minimum absolute atomic E-state index is 0.0533. The van der Waals surface area contributed by atoms with E-state index in [-0.39, 0.29) is 30.4 Å². The van der Waals surface area contributed by atoms with Gasteiger partial charge in [-0.25, -0.2) is 0 Å². The molecule has 0 aliphatic heterocycles. The molecule has 1 aromatic rings. The fourth-order valence-corrected chi connectivity index (χ4v) is 1.17. The molecular formula is C12H17NO4. The summed E-state index contributed by atoms with van der Waals surface area (Å²) in [5.74, 6) is -0.802. The third-order valence-electron chi connectivity index (χ3n) is 2.42. The minimum atomic E-state index is -0.533. The smallest absolute Gasteiger partial charge is 0.176 e. The first-order chi connectivity index (χ1) is 7.85. The minimum Gasteiger partial charge on any atom is -0.504 e. The summed E-state index contributed by atoms with van der Waals surface area (Å²) < 4.78 is 0. The van der Waals surface area contributed by atoms with Gasteiger partial charge in [0.05, 0.1) is 13.2 Å². The Morgan fingerprint density at radius 3 is 2.47 bits per heavy atom. The Bertz CT molecular complexity index is 415. The number of hydrogen-bond donors (Lipinski definition) is 4. The fraction of sp³-hybridized carbons (Fsp3) is 0.417. The average Bonchev–Trinajstić information content (AvgIpc) is 2.30. The Hall–Kier alpha value is -1.59. The van der Waals surface area contributed by atoms with E-state index in [1.807, 2.05) is 0 Å². The van der Waals surface area contributed by atoms with Gasteiger partial charge in [0.2, 0.25) is 0 Å². The summed E-state index contributed by atoms with van der Waals surface area (Å²) in [6.07, 6.45) is 0. The molecule has 0 saturated carbocycles. The molecule has 0 heterocycles. The van der Waals surface area contributed by atoms with Gasteiger partial charge in [0.25, 0.3) is 0 Å². The van der Waals surface area contributed by atoms with E-state index < -0.39 is 5.54 Å². The first-order valence-corrected chi connectivity index (χ1v) is 5.27. The van der Waals surface area contributed by atoms with Crippen molar-refractivity contribution in [2.75, 3.05) is 13.2 Å². The summed E-state index contributed by atoms with van der Waals surface area (Å²) in [4.78, 5) is 11.7. The van der Waals surface area contributed by atoms with Crippen molar-refractivity contribution in [3.8, 4) is 11.5 Å². The van der Waals surface area contributed by atoms with Crippen molar-refractivity contribution in [3.63, 3.8) is 0 Å². The number of carbonyl (C=O) groups excluding carboxylic acids is 1. The van der Waals surface area contributed by atoms with Crippen LogP contribution >= 0.6 is 0 Å². The largest absolute Gasteiger partial charge is 0.504 e. The highest BCUT2D eigenvalue weighted by Gasteiger charge is 2.17. The first kappa shape index (κ1) is 13.5. The molecule has 0 aromatic heterocycles. The molecule has 0 saturated heterocycles. The molecule has 4 N–H and O–H groups in total. The van der Waals surface area contributed by atoms with Crippen LogP contribution in [0.5, 0.6) is 11.5 Å². The van der Waals surface area contributed by atoms with E-state index in [1.54, 1.807) is 13.8 Å². The molecular weight excluding hydrogens is 222 g/mol. The molecule has 0 bridgehead atoms. The van der Waals surface area contributed by atoms with Gasteiger partial charge in [-0.3, -0.25) is 4.79 Å². The molecule has 94 valence electrons. The van der Waals surface area contributed by atoms with Crippen LogP contribution in [0.2, 0.25) is 0 Å². The SMILES string of the molecule is CC(C)(CO)NCC(=O)c1ccc(O)c(O)c1. The van der Waals surface area contributed by atoms with Gasteiger partial charge in [0.15, 0.2) is 17.3 Å². The average molecular weight is 239 g/mol. The van der Waals surface area contributed by atoms with Crippen LogP contribution in [0, 0.1) is 0 Å². The Kier molecular flexibility index (Phi) is 4.09. The molecule has 0 aliphatic rings. The fourth-order valence-electron chi connectivity index (χ4n) is 1.17. The van der Waals surface area contributed by atoms with E-state index in [0.29, 0.717) is 5.56 Å². The maximum atomic E-state index is 11.7. The maximum Gasteiger partial charge on any atom is 0.176 e. The van der Waals surface area contributed by atoms with Gasteiger partial charge in [0.1, 0.15) is 0 Å². The number of Topliss-reactive ketones (excluding diaryl/α,β-unsaturated/α-hetero) is 1. The molecule has 0 spiro atoms. The number of ketones is 1. The zero-order valence-electron chi connectivity index (χ0n) is 9.90. The number of nitrogens with one attached hydrogen (secondary N) is 1. The molecule has 1 aromatic carbocycles.